The topological polar surface area (TPSA) is 158 Å². The van der Waals surface area contributed by atoms with Crippen molar-refractivity contribution in [2.24, 2.45) is 16.7 Å². The van der Waals surface area contributed by atoms with Gasteiger partial charge in [-0.1, -0.05) is 13.8 Å². The van der Waals surface area contributed by atoms with Crippen LogP contribution in [-0.2, 0) is 34.5 Å². The Morgan fingerprint density at radius 3 is 2.03 bits per heavy atom. The van der Waals surface area contributed by atoms with E-state index in [2.05, 4.69) is 4.74 Å². The van der Waals surface area contributed by atoms with E-state index in [0.717, 1.165) is 0 Å². The van der Waals surface area contributed by atoms with Crippen LogP contribution >= 0.6 is 0 Å². The zero-order chi connectivity index (χ0) is 28.5. The third-order valence-corrected chi connectivity index (χ3v) is 9.21. The first-order valence-electron chi connectivity index (χ1n) is 9.65. The summed E-state index contributed by atoms with van der Waals surface area (Å²) in [6, 6.07) is 0. The average molecular weight is 584 g/mol. The number of esters is 1. The van der Waals surface area contributed by atoms with E-state index in [1.54, 1.807) is 0 Å². The number of rotatable bonds is 8. The molecule has 2 fully saturated rings. The molecule has 0 saturated heterocycles. The quantitative estimate of drug-likeness (QED) is 0.196. The molecule has 0 aromatic carbocycles. The Balaban J connectivity index is 2.43. The summed E-state index contributed by atoms with van der Waals surface area (Å²) in [6.07, 6.45) is -9.27. The van der Waals surface area contributed by atoms with Crippen LogP contribution in [0.25, 0.3) is 0 Å². The van der Waals surface area contributed by atoms with Crippen LogP contribution < -0.4 is 0 Å². The molecule has 0 aromatic rings. The minimum Gasteiger partial charge on any atom is -0.742 e. The van der Waals surface area contributed by atoms with Gasteiger partial charge in [0.15, 0.2) is 0 Å². The summed E-state index contributed by atoms with van der Waals surface area (Å²) in [4.78, 5) is 23.4. The standard InChI is InChI=1S/C16H18F8NO9S2/c1-12(2)7-3-4-13(12,8(5-7)34-10(26)9(17)36(31,32)33)6-35(29,30)25(28)11(27)14(18,19)15(20,21)16(22,23)24/h7-9H,3-6H2,1-2H3,(H,31,32,33)/q-1. The van der Waals surface area contributed by atoms with Crippen LogP contribution in [0, 0.1) is 22.0 Å². The number of carbonyl (C=O) groups is 2. The lowest BCUT2D eigenvalue weighted by molar-refractivity contribution is -0.344. The molecule has 4 unspecified atom stereocenters. The summed E-state index contributed by atoms with van der Waals surface area (Å²) in [7, 11) is -11.6. The van der Waals surface area contributed by atoms with E-state index >= 15 is 0 Å². The second kappa shape index (κ2) is 8.62. The molecule has 2 rings (SSSR count). The van der Waals surface area contributed by atoms with Gasteiger partial charge in [-0.05, 0) is 30.6 Å². The smallest absolute Gasteiger partial charge is 0.460 e. The summed E-state index contributed by atoms with van der Waals surface area (Å²) < 4.78 is 162. The average Bonchev–Trinajstić information content (AvgIpc) is 3.04. The summed E-state index contributed by atoms with van der Waals surface area (Å²) >= 11 is 0. The molecule has 2 bridgehead atoms. The molecule has 2 saturated carbocycles. The van der Waals surface area contributed by atoms with Gasteiger partial charge in [-0.2, -0.15) is 39.2 Å². The predicted octanol–water partition coefficient (Wildman–Crippen LogP) is 2.40. The van der Waals surface area contributed by atoms with E-state index in [-0.39, 0.29) is 19.3 Å². The highest BCUT2D eigenvalue weighted by atomic mass is 32.2. The van der Waals surface area contributed by atoms with Crippen molar-refractivity contribution < 1.29 is 70.8 Å². The van der Waals surface area contributed by atoms with E-state index in [4.69, 9.17) is 4.55 Å². The summed E-state index contributed by atoms with van der Waals surface area (Å²) in [5.41, 5.74) is -6.96. The van der Waals surface area contributed by atoms with Crippen molar-refractivity contribution in [1.29, 1.82) is 0 Å². The van der Waals surface area contributed by atoms with Crippen LogP contribution in [0.5, 0.6) is 0 Å². The molecule has 0 aromatic heterocycles. The number of alkyl halides is 8. The molecule has 2 aliphatic rings. The number of hydroxylamine groups is 1. The van der Waals surface area contributed by atoms with Gasteiger partial charge in [-0.25, -0.2) is 17.6 Å². The first-order chi connectivity index (χ1) is 15.8. The highest BCUT2D eigenvalue weighted by Gasteiger charge is 2.77. The maximum Gasteiger partial charge on any atom is 0.460 e. The van der Waals surface area contributed by atoms with Gasteiger partial charge >= 0.3 is 45.5 Å². The lowest BCUT2D eigenvalue weighted by Crippen LogP contribution is -2.60. The third-order valence-electron chi connectivity index (χ3n) is 6.94. The highest BCUT2D eigenvalue weighted by molar-refractivity contribution is 7.89. The minimum atomic E-state index is -7.12. The normalized spacial score (nSPS) is 27.6. The number of carbonyl (C=O) groups excluding carboxylic acids is 2. The summed E-state index contributed by atoms with van der Waals surface area (Å²) in [5.74, 6) is -22.4. The molecule has 1 N–H and O–H groups in total. The monoisotopic (exact) mass is 584 g/mol. The highest BCUT2D eigenvalue weighted by Crippen LogP contribution is 2.67. The Morgan fingerprint density at radius 1 is 1.11 bits per heavy atom. The molecule has 0 spiro atoms. The lowest BCUT2D eigenvalue weighted by atomic mass is 9.69. The molecule has 36 heavy (non-hydrogen) atoms. The van der Waals surface area contributed by atoms with E-state index in [1.165, 1.54) is 13.8 Å². The van der Waals surface area contributed by atoms with Gasteiger partial charge in [0.2, 0.25) is 10.0 Å². The summed E-state index contributed by atoms with van der Waals surface area (Å²) in [6.45, 7) is 2.65. The number of fused-ring (bicyclic) bond motifs is 2. The number of hydrogen-bond donors (Lipinski definition) is 1. The second-order valence-corrected chi connectivity index (χ2v) is 12.3. The number of halogens is 8. The van der Waals surface area contributed by atoms with Crippen molar-refractivity contribution in [3.63, 3.8) is 0 Å². The van der Waals surface area contributed by atoms with Crippen LogP contribution in [0.2, 0.25) is 0 Å². The summed E-state index contributed by atoms with van der Waals surface area (Å²) in [5, 5.41) is 11.9. The van der Waals surface area contributed by atoms with Crippen molar-refractivity contribution in [1.82, 2.24) is 4.47 Å². The Bertz CT molecular complexity index is 1140. The van der Waals surface area contributed by atoms with Gasteiger partial charge < -0.3 is 14.4 Å². The molecular weight excluding hydrogens is 566 g/mol. The molecule has 0 radical (unpaired) electrons. The van der Waals surface area contributed by atoms with Crippen molar-refractivity contribution >= 4 is 32.0 Å². The van der Waals surface area contributed by atoms with Gasteiger partial charge in [-0.3, -0.25) is 9.35 Å². The van der Waals surface area contributed by atoms with Crippen molar-refractivity contribution in [3.8, 4) is 0 Å². The Morgan fingerprint density at radius 2 is 1.61 bits per heavy atom. The van der Waals surface area contributed by atoms with Crippen LogP contribution in [0.15, 0.2) is 0 Å². The zero-order valence-electron chi connectivity index (χ0n) is 18.1. The van der Waals surface area contributed by atoms with Crippen LogP contribution in [-0.4, -0.2) is 73.1 Å². The van der Waals surface area contributed by atoms with Crippen LogP contribution in [0.3, 0.4) is 0 Å². The second-order valence-electron chi connectivity index (χ2n) is 9.04. The maximum absolute atomic E-state index is 13.7. The van der Waals surface area contributed by atoms with Crippen LogP contribution in [0.4, 0.5) is 35.1 Å². The van der Waals surface area contributed by atoms with Crippen molar-refractivity contribution in [2.75, 3.05) is 5.75 Å². The Hall–Kier alpha value is -1.80. The predicted molar refractivity (Wildman–Crippen MR) is 99.8 cm³/mol. The number of hydrogen-bond acceptors (Lipinski definition) is 8. The Labute approximate surface area is 198 Å². The van der Waals surface area contributed by atoms with Crippen LogP contribution in [0.1, 0.15) is 33.1 Å². The van der Waals surface area contributed by atoms with Gasteiger partial charge in [0, 0.05) is 5.41 Å². The SMILES string of the molecule is CC1(C)C2CCC1(CS(=O)(=O)N([O-])C(=O)C(F)(F)C(F)(F)C(F)(F)F)C(OC(=O)C(F)S(=O)(=O)O)C2. The fraction of sp³-hybridized carbons (Fsp3) is 0.875. The molecule has 0 aliphatic heterocycles. The molecular formula is C16H18F8NO9S2-. The zero-order valence-corrected chi connectivity index (χ0v) is 19.7. The molecule has 4 atom stereocenters. The molecule has 10 nitrogen and oxygen atoms in total. The van der Waals surface area contributed by atoms with Gasteiger partial charge in [-0.15, -0.1) is 0 Å². The number of ether oxygens (including phenoxy) is 1. The van der Waals surface area contributed by atoms with E-state index in [9.17, 15) is 66.8 Å². The molecule has 1 amide bonds. The van der Waals surface area contributed by atoms with E-state index in [0.29, 0.717) is 0 Å². The van der Waals surface area contributed by atoms with E-state index in [1.807, 2.05) is 0 Å². The number of sulfonamides is 1. The number of amides is 1. The van der Waals surface area contributed by atoms with Crippen molar-refractivity contribution in [3.05, 3.63) is 5.21 Å². The van der Waals surface area contributed by atoms with Gasteiger partial charge in [0.25, 0.3) is 0 Å². The minimum absolute atomic E-state index is 0.128. The third kappa shape index (κ3) is 4.53. The van der Waals surface area contributed by atoms with Gasteiger partial charge in [0.1, 0.15) is 6.10 Å². The fourth-order valence-corrected chi connectivity index (χ4v) is 6.89. The molecule has 2 aliphatic carbocycles. The molecule has 210 valence electrons. The Kier molecular flexibility index (Phi) is 7.28. The van der Waals surface area contributed by atoms with Crippen molar-refractivity contribution in [2.45, 2.75) is 62.7 Å². The first kappa shape index (κ1) is 30.4. The first-order valence-corrected chi connectivity index (χ1v) is 12.8. The largest absolute Gasteiger partial charge is 0.742 e. The number of nitrogens with zero attached hydrogens (tertiary/aromatic N) is 1. The van der Waals surface area contributed by atoms with Gasteiger partial charge in [0.05, 0.1) is 5.75 Å². The molecule has 20 heteroatoms. The molecule has 0 heterocycles. The lowest BCUT2D eigenvalue weighted by Gasteiger charge is -2.43. The maximum atomic E-state index is 13.7. The van der Waals surface area contributed by atoms with E-state index < -0.39 is 88.6 Å². The fourth-order valence-electron chi connectivity index (χ4n) is 4.76.